The molecule has 0 aliphatic rings. The molecule has 0 unspecified atom stereocenters. The lowest BCUT2D eigenvalue weighted by Gasteiger charge is -1.81. The predicted octanol–water partition coefficient (Wildman–Crippen LogP) is 0.469. The van der Waals surface area contributed by atoms with Crippen LogP contribution in [0.25, 0.3) is 0 Å². The van der Waals surface area contributed by atoms with Crippen LogP contribution in [-0.4, -0.2) is 13.1 Å². The number of nitrogens with two attached hydrogens (primary N) is 1. The third-order valence-corrected chi connectivity index (χ3v) is 0.589. The van der Waals surface area contributed by atoms with Crippen LogP contribution in [0.1, 0.15) is 6.42 Å². The summed E-state index contributed by atoms with van der Waals surface area (Å²) in [6, 6.07) is 0. The predicted molar refractivity (Wildman–Crippen MR) is 29.2 cm³/mol. The Kier molecular flexibility index (Phi) is 5.25. The van der Waals surface area contributed by atoms with Crippen molar-refractivity contribution in [1.29, 1.82) is 0 Å². The highest BCUT2D eigenvalue weighted by molar-refractivity contribution is 4.43. The lowest BCUT2D eigenvalue weighted by molar-refractivity contribution is 0.788. The molecule has 0 saturated carbocycles. The van der Waals surface area contributed by atoms with Crippen LogP contribution in [0.5, 0.6) is 0 Å². The third kappa shape index (κ3) is 5.00. The first kappa shape index (κ1) is 7.00. The molecule has 0 aliphatic carbocycles. The van der Waals surface area contributed by atoms with Gasteiger partial charge in [0.15, 0.2) is 0 Å². The van der Waals surface area contributed by atoms with Crippen molar-refractivity contribution in [3.63, 3.8) is 0 Å². The molecule has 0 aromatic heterocycles. The van der Waals surface area contributed by atoms with Gasteiger partial charge in [0.05, 0.1) is 13.1 Å². The van der Waals surface area contributed by atoms with E-state index in [4.69, 9.17) is 0 Å². The summed E-state index contributed by atoms with van der Waals surface area (Å²) < 4.78 is 0. The zero-order valence-corrected chi connectivity index (χ0v) is 4.45. The quantitative estimate of drug-likeness (QED) is 0.190. The Morgan fingerprint density at radius 3 is 2.62 bits per heavy atom. The molecule has 0 aromatic carbocycles. The standard InChI is InChI=1S/C3H8N4O/c4-7-5-2-1-3-6-8/h1-3H2,(H2,4,5). The Bertz CT molecular complexity index is 81.4. The number of nitroso groups, excluding NO2 is 1. The van der Waals surface area contributed by atoms with E-state index in [0.717, 1.165) is 0 Å². The van der Waals surface area contributed by atoms with E-state index < -0.39 is 0 Å². The zero-order chi connectivity index (χ0) is 6.24. The summed E-state index contributed by atoms with van der Waals surface area (Å²) in [6.07, 6.45) is 0.629. The normalized spacial score (nSPS) is 10.0. The molecular formula is C3H8N4O. The van der Waals surface area contributed by atoms with Gasteiger partial charge in [0.25, 0.3) is 0 Å². The minimum atomic E-state index is 0.291. The van der Waals surface area contributed by atoms with Crippen LogP contribution in [0.3, 0.4) is 0 Å². The smallest absolute Gasteiger partial charge is 0.0829 e. The maximum absolute atomic E-state index is 9.41. The summed E-state index contributed by atoms with van der Waals surface area (Å²) in [4.78, 5) is 9.41. The first-order chi connectivity index (χ1) is 3.91. The molecule has 0 atom stereocenters. The lowest BCUT2D eigenvalue weighted by Crippen LogP contribution is -1.85. The summed E-state index contributed by atoms with van der Waals surface area (Å²) in [5.74, 6) is 4.66. The van der Waals surface area contributed by atoms with E-state index in [1.54, 1.807) is 0 Å². The van der Waals surface area contributed by atoms with E-state index in [1.807, 2.05) is 0 Å². The molecule has 0 rings (SSSR count). The fourth-order valence-electron chi connectivity index (χ4n) is 0.264. The molecule has 5 nitrogen and oxygen atoms in total. The third-order valence-electron chi connectivity index (χ3n) is 0.589. The van der Waals surface area contributed by atoms with Gasteiger partial charge in [-0.15, -0.1) is 0 Å². The van der Waals surface area contributed by atoms with E-state index in [0.29, 0.717) is 19.5 Å². The molecule has 2 N–H and O–H groups in total. The topological polar surface area (TPSA) is 80.2 Å². The molecule has 0 heterocycles. The van der Waals surface area contributed by atoms with Crippen LogP contribution in [-0.2, 0) is 0 Å². The van der Waals surface area contributed by atoms with Crippen molar-refractivity contribution in [1.82, 2.24) is 0 Å². The van der Waals surface area contributed by atoms with Gasteiger partial charge < -0.3 is 5.84 Å². The minimum Gasteiger partial charge on any atom is -0.305 e. The average molecular weight is 116 g/mol. The van der Waals surface area contributed by atoms with E-state index in [1.165, 1.54) is 0 Å². The Morgan fingerprint density at radius 2 is 2.12 bits per heavy atom. The van der Waals surface area contributed by atoms with Gasteiger partial charge in [-0.2, -0.15) is 10.0 Å². The van der Waals surface area contributed by atoms with Crippen LogP contribution in [0.15, 0.2) is 15.5 Å². The number of hydrogen-bond acceptors (Lipinski definition) is 4. The van der Waals surface area contributed by atoms with Gasteiger partial charge in [0.2, 0.25) is 0 Å². The summed E-state index contributed by atoms with van der Waals surface area (Å²) in [6.45, 7) is 0.779. The Balaban J connectivity index is 2.82. The zero-order valence-electron chi connectivity index (χ0n) is 4.45. The fraction of sp³-hybridized carbons (Fsp3) is 1.00. The largest absolute Gasteiger partial charge is 0.305 e. The highest BCUT2D eigenvalue weighted by atomic mass is 16.3. The molecule has 0 radical (unpaired) electrons. The van der Waals surface area contributed by atoms with E-state index in [-0.39, 0.29) is 0 Å². The Hall–Kier alpha value is -1.00. The second kappa shape index (κ2) is 6.00. The van der Waals surface area contributed by atoms with Gasteiger partial charge in [-0.1, -0.05) is 10.4 Å². The summed E-state index contributed by atoms with van der Waals surface area (Å²) in [5.41, 5.74) is 0. The van der Waals surface area contributed by atoms with Crippen LogP contribution in [0.2, 0.25) is 0 Å². The number of nitrogens with zero attached hydrogens (tertiary/aromatic N) is 3. The number of rotatable bonds is 4. The van der Waals surface area contributed by atoms with Crippen molar-refractivity contribution in [2.24, 2.45) is 21.4 Å². The van der Waals surface area contributed by atoms with Crippen molar-refractivity contribution < 1.29 is 0 Å². The van der Waals surface area contributed by atoms with Crippen LogP contribution < -0.4 is 5.84 Å². The van der Waals surface area contributed by atoms with Crippen molar-refractivity contribution in [2.75, 3.05) is 13.1 Å². The van der Waals surface area contributed by atoms with E-state index in [2.05, 4.69) is 21.4 Å². The second-order valence-electron chi connectivity index (χ2n) is 1.19. The molecule has 8 heavy (non-hydrogen) atoms. The minimum absolute atomic E-state index is 0.291. The SMILES string of the molecule is NN=NCCCN=O. The summed E-state index contributed by atoms with van der Waals surface area (Å²) in [5, 5.41) is 9.02. The first-order valence-corrected chi connectivity index (χ1v) is 2.27. The molecule has 46 valence electrons. The lowest BCUT2D eigenvalue weighted by atomic mass is 10.4. The van der Waals surface area contributed by atoms with Crippen LogP contribution >= 0.6 is 0 Å². The summed E-state index contributed by atoms with van der Waals surface area (Å²) >= 11 is 0. The molecule has 0 saturated heterocycles. The van der Waals surface area contributed by atoms with Gasteiger partial charge in [0.1, 0.15) is 0 Å². The number of hydrogen-bond donors (Lipinski definition) is 1. The molecular weight excluding hydrogens is 108 g/mol. The molecule has 0 amide bonds. The van der Waals surface area contributed by atoms with E-state index in [9.17, 15) is 4.91 Å². The second-order valence-corrected chi connectivity index (χ2v) is 1.19. The van der Waals surface area contributed by atoms with Gasteiger partial charge in [-0.05, 0) is 6.42 Å². The Morgan fingerprint density at radius 1 is 1.38 bits per heavy atom. The molecule has 0 spiro atoms. The van der Waals surface area contributed by atoms with Gasteiger partial charge >= 0.3 is 0 Å². The maximum Gasteiger partial charge on any atom is 0.0829 e. The van der Waals surface area contributed by atoms with Crippen molar-refractivity contribution in [2.45, 2.75) is 6.42 Å². The van der Waals surface area contributed by atoms with E-state index >= 15 is 0 Å². The fourth-order valence-corrected chi connectivity index (χ4v) is 0.264. The van der Waals surface area contributed by atoms with Crippen molar-refractivity contribution in [3.8, 4) is 0 Å². The average Bonchev–Trinajstić information content (AvgIpc) is 1.81. The maximum atomic E-state index is 9.41. The molecule has 0 fully saturated rings. The molecule has 0 aliphatic heterocycles. The van der Waals surface area contributed by atoms with Gasteiger partial charge in [0, 0.05) is 0 Å². The Labute approximate surface area is 46.9 Å². The molecule has 0 bridgehead atoms. The first-order valence-electron chi connectivity index (χ1n) is 2.27. The van der Waals surface area contributed by atoms with Crippen molar-refractivity contribution >= 4 is 0 Å². The summed E-state index contributed by atoms with van der Waals surface area (Å²) in [7, 11) is 0. The molecule has 5 heteroatoms. The highest BCUT2D eigenvalue weighted by Crippen LogP contribution is 1.80. The monoisotopic (exact) mass is 116 g/mol. The van der Waals surface area contributed by atoms with Crippen LogP contribution in [0, 0.1) is 4.91 Å². The molecule has 0 aromatic rings. The van der Waals surface area contributed by atoms with Crippen molar-refractivity contribution in [3.05, 3.63) is 4.91 Å². The van der Waals surface area contributed by atoms with Gasteiger partial charge in [-0.3, -0.25) is 0 Å². The highest BCUT2D eigenvalue weighted by Gasteiger charge is 1.80. The van der Waals surface area contributed by atoms with Crippen LogP contribution in [0.4, 0.5) is 0 Å². The van der Waals surface area contributed by atoms with Gasteiger partial charge in [-0.25, -0.2) is 0 Å².